The van der Waals surface area contributed by atoms with E-state index in [9.17, 15) is 0 Å². The minimum atomic E-state index is 0.218. The average molecular weight is 219 g/mol. The van der Waals surface area contributed by atoms with Crippen LogP contribution in [0.25, 0.3) is 0 Å². The molecular formula is C14H21NO. The van der Waals surface area contributed by atoms with Gasteiger partial charge >= 0.3 is 0 Å². The molecule has 0 aromatic heterocycles. The van der Waals surface area contributed by atoms with Gasteiger partial charge in [-0.15, -0.1) is 0 Å². The van der Waals surface area contributed by atoms with Crippen molar-refractivity contribution in [2.75, 3.05) is 13.7 Å². The van der Waals surface area contributed by atoms with Crippen LogP contribution in [0.4, 0.5) is 0 Å². The third-order valence-corrected chi connectivity index (χ3v) is 3.57. The fraction of sp³-hybridized carbons (Fsp3) is 0.571. The van der Waals surface area contributed by atoms with E-state index >= 15 is 0 Å². The minimum absolute atomic E-state index is 0.218. The standard InChI is InChI=1S/C14H21NO/c1-16-14(9-10-14)8-6-12-2-4-13(5-3-12)7-11-15/h2-5H,6-11,15H2,1H3. The van der Waals surface area contributed by atoms with Gasteiger partial charge < -0.3 is 10.5 Å². The molecule has 0 heterocycles. The lowest BCUT2D eigenvalue weighted by atomic mass is 10.0. The number of hydrogen-bond acceptors (Lipinski definition) is 2. The molecule has 0 atom stereocenters. The van der Waals surface area contributed by atoms with Crippen LogP contribution < -0.4 is 5.73 Å². The van der Waals surface area contributed by atoms with Crippen molar-refractivity contribution < 1.29 is 4.74 Å². The van der Waals surface area contributed by atoms with Gasteiger partial charge in [-0.25, -0.2) is 0 Å². The highest BCUT2D eigenvalue weighted by Crippen LogP contribution is 2.42. The highest BCUT2D eigenvalue weighted by molar-refractivity contribution is 5.23. The molecule has 0 saturated heterocycles. The van der Waals surface area contributed by atoms with Gasteiger partial charge in [0.1, 0.15) is 0 Å². The van der Waals surface area contributed by atoms with Crippen molar-refractivity contribution in [2.45, 2.75) is 37.7 Å². The summed E-state index contributed by atoms with van der Waals surface area (Å²) >= 11 is 0. The summed E-state index contributed by atoms with van der Waals surface area (Å²) in [6.07, 6.45) is 5.71. The Hall–Kier alpha value is -0.860. The number of benzene rings is 1. The van der Waals surface area contributed by atoms with E-state index < -0.39 is 0 Å². The second kappa shape index (κ2) is 4.98. The Morgan fingerprint density at radius 3 is 2.12 bits per heavy atom. The molecule has 1 aromatic carbocycles. The second-order valence-electron chi connectivity index (χ2n) is 4.74. The molecule has 1 aliphatic carbocycles. The van der Waals surface area contributed by atoms with Gasteiger partial charge in [-0.1, -0.05) is 24.3 Å². The zero-order chi connectivity index (χ0) is 11.4. The van der Waals surface area contributed by atoms with E-state index in [2.05, 4.69) is 24.3 Å². The predicted octanol–water partition coefficient (Wildman–Crippen LogP) is 2.30. The van der Waals surface area contributed by atoms with Crippen molar-refractivity contribution in [2.24, 2.45) is 5.73 Å². The van der Waals surface area contributed by atoms with Crippen LogP contribution in [0.1, 0.15) is 30.4 Å². The van der Waals surface area contributed by atoms with Crippen LogP contribution in [0.5, 0.6) is 0 Å². The first-order chi connectivity index (χ1) is 7.78. The van der Waals surface area contributed by atoms with Crippen molar-refractivity contribution in [1.82, 2.24) is 0 Å². The average Bonchev–Trinajstić information content (AvgIpc) is 3.09. The van der Waals surface area contributed by atoms with Gasteiger partial charge in [-0.3, -0.25) is 0 Å². The molecule has 0 amide bonds. The molecule has 16 heavy (non-hydrogen) atoms. The lowest BCUT2D eigenvalue weighted by Gasteiger charge is -2.12. The second-order valence-corrected chi connectivity index (χ2v) is 4.74. The maximum Gasteiger partial charge on any atom is 0.0684 e. The Labute approximate surface area is 97.8 Å². The van der Waals surface area contributed by atoms with E-state index in [-0.39, 0.29) is 5.60 Å². The predicted molar refractivity (Wildman–Crippen MR) is 66.5 cm³/mol. The number of ether oxygens (including phenoxy) is 1. The van der Waals surface area contributed by atoms with E-state index in [0.29, 0.717) is 0 Å². The third-order valence-electron chi connectivity index (χ3n) is 3.57. The molecule has 0 radical (unpaired) electrons. The van der Waals surface area contributed by atoms with Crippen molar-refractivity contribution in [3.8, 4) is 0 Å². The van der Waals surface area contributed by atoms with Gasteiger partial charge in [0, 0.05) is 7.11 Å². The maximum atomic E-state index is 5.52. The summed E-state index contributed by atoms with van der Waals surface area (Å²) in [6, 6.07) is 8.82. The van der Waals surface area contributed by atoms with E-state index in [1.165, 1.54) is 24.0 Å². The summed E-state index contributed by atoms with van der Waals surface area (Å²) < 4.78 is 5.52. The first kappa shape index (κ1) is 11.6. The van der Waals surface area contributed by atoms with E-state index in [1.807, 2.05) is 7.11 Å². The topological polar surface area (TPSA) is 35.2 Å². The van der Waals surface area contributed by atoms with Crippen LogP contribution in [0.15, 0.2) is 24.3 Å². The molecular weight excluding hydrogens is 198 g/mol. The zero-order valence-corrected chi connectivity index (χ0v) is 10.0. The first-order valence-electron chi connectivity index (χ1n) is 6.11. The monoisotopic (exact) mass is 219 g/mol. The number of hydrogen-bond donors (Lipinski definition) is 1. The van der Waals surface area contributed by atoms with Crippen LogP contribution >= 0.6 is 0 Å². The molecule has 2 rings (SSSR count). The molecule has 0 unspecified atom stereocenters. The molecule has 0 bridgehead atoms. The van der Waals surface area contributed by atoms with Crippen molar-refractivity contribution >= 4 is 0 Å². The van der Waals surface area contributed by atoms with Gasteiger partial charge in [-0.05, 0) is 49.8 Å². The summed E-state index contributed by atoms with van der Waals surface area (Å²) in [6.45, 7) is 0.728. The summed E-state index contributed by atoms with van der Waals surface area (Å²) in [5.74, 6) is 0. The van der Waals surface area contributed by atoms with Gasteiger partial charge in [0.2, 0.25) is 0 Å². The van der Waals surface area contributed by atoms with Gasteiger partial charge in [-0.2, -0.15) is 0 Å². The van der Waals surface area contributed by atoms with Crippen LogP contribution in [0.3, 0.4) is 0 Å². The molecule has 2 heteroatoms. The Kier molecular flexibility index (Phi) is 3.62. The summed E-state index contributed by atoms with van der Waals surface area (Å²) in [4.78, 5) is 0. The van der Waals surface area contributed by atoms with Crippen LogP contribution in [0.2, 0.25) is 0 Å². The van der Waals surface area contributed by atoms with E-state index in [4.69, 9.17) is 10.5 Å². The van der Waals surface area contributed by atoms with Gasteiger partial charge in [0.25, 0.3) is 0 Å². The lowest BCUT2D eigenvalue weighted by molar-refractivity contribution is 0.0731. The quantitative estimate of drug-likeness (QED) is 0.796. The zero-order valence-electron chi connectivity index (χ0n) is 10.0. The van der Waals surface area contributed by atoms with E-state index in [0.717, 1.165) is 25.8 Å². The molecule has 1 aromatic rings. The summed E-state index contributed by atoms with van der Waals surface area (Å²) in [5.41, 5.74) is 8.48. The van der Waals surface area contributed by atoms with Crippen molar-refractivity contribution in [1.29, 1.82) is 0 Å². The Morgan fingerprint density at radius 2 is 1.69 bits per heavy atom. The number of rotatable bonds is 6. The van der Waals surface area contributed by atoms with Gasteiger partial charge in [0.05, 0.1) is 5.60 Å². The summed E-state index contributed by atoms with van der Waals surface area (Å²) in [7, 11) is 1.83. The fourth-order valence-corrected chi connectivity index (χ4v) is 2.11. The van der Waals surface area contributed by atoms with Gasteiger partial charge in [0.15, 0.2) is 0 Å². The first-order valence-corrected chi connectivity index (χ1v) is 6.11. The lowest BCUT2D eigenvalue weighted by Crippen LogP contribution is -2.12. The molecule has 2 N–H and O–H groups in total. The van der Waals surface area contributed by atoms with Crippen molar-refractivity contribution in [3.05, 3.63) is 35.4 Å². The highest BCUT2D eigenvalue weighted by Gasteiger charge is 2.42. The Balaban J connectivity index is 1.85. The SMILES string of the molecule is COC1(CCc2ccc(CCN)cc2)CC1. The third kappa shape index (κ3) is 2.83. The summed E-state index contributed by atoms with van der Waals surface area (Å²) in [5, 5.41) is 0. The molecule has 2 nitrogen and oxygen atoms in total. The minimum Gasteiger partial charge on any atom is -0.378 e. The van der Waals surface area contributed by atoms with E-state index in [1.54, 1.807) is 0 Å². The molecule has 1 fully saturated rings. The number of aryl methyl sites for hydroxylation is 1. The van der Waals surface area contributed by atoms with Crippen LogP contribution in [0, 0.1) is 0 Å². The molecule has 1 saturated carbocycles. The Morgan fingerprint density at radius 1 is 1.12 bits per heavy atom. The normalized spacial score (nSPS) is 17.4. The fourth-order valence-electron chi connectivity index (χ4n) is 2.11. The number of methoxy groups -OCH3 is 1. The van der Waals surface area contributed by atoms with Crippen LogP contribution in [-0.2, 0) is 17.6 Å². The molecule has 0 aliphatic heterocycles. The highest BCUT2D eigenvalue weighted by atomic mass is 16.5. The van der Waals surface area contributed by atoms with Crippen LogP contribution in [-0.4, -0.2) is 19.3 Å². The maximum absolute atomic E-state index is 5.52. The molecule has 0 spiro atoms. The molecule has 1 aliphatic rings. The van der Waals surface area contributed by atoms with Crippen molar-refractivity contribution in [3.63, 3.8) is 0 Å². The Bertz CT molecular complexity index is 327. The largest absolute Gasteiger partial charge is 0.378 e. The smallest absolute Gasteiger partial charge is 0.0684 e. The molecule has 88 valence electrons. The number of nitrogens with two attached hydrogens (primary N) is 1.